The Kier molecular flexibility index (Phi) is 8.55. The number of amides is 1. The molecule has 0 spiro atoms. The van der Waals surface area contributed by atoms with Crippen molar-refractivity contribution in [2.45, 2.75) is 75.5 Å². The Balaban J connectivity index is 1.77. The monoisotopic (exact) mass is 469 g/mol. The van der Waals surface area contributed by atoms with Crippen LogP contribution >= 0.6 is 11.8 Å². The van der Waals surface area contributed by atoms with Crippen LogP contribution in [-0.2, 0) is 20.7 Å². The van der Waals surface area contributed by atoms with Gasteiger partial charge in [0.15, 0.2) is 0 Å². The summed E-state index contributed by atoms with van der Waals surface area (Å²) in [6.07, 6.45) is 3.12. The summed E-state index contributed by atoms with van der Waals surface area (Å²) in [5.74, 6) is -0.484. The molecule has 0 heterocycles. The highest BCUT2D eigenvalue weighted by Crippen LogP contribution is 2.28. The average Bonchev–Trinajstić information content (AvgIpc) is 3.27. The number of thioether (sulfide) groups is 1. The first kappa shape index (κ1) is 24.8. The van der Waals surface area contributed by atoms with Crippen LogP contribution < -0.4 is 5.32 Å². The Morgan fingerprint density at radius 2 is 1.64 bits per heavy atom. The van der Waals surface area contributed by atoms with Crippen molar-refractivity contribution < 1.29 is 23.9 Å². The van der Waals surface area contributed by atoms with Gasteiger partial charge in [0.25, 0.3) is 0 Å². The summed E-state index contributed by atoms with van der Waals surface area (Å²) in [6.45, 7) is 5.29. The number of carbonyl (C=O) groups is 3. The molecule has 2 aromatic carbocycles. The molecule has 2 aromatic rings. The van der Waals surface area contributed by atoms with Crippen molar-refractivity contribution in [3.63, 3.8) is 0 Å². The summed E-state index contributed by atoms with van der Waals surface area (Å²) in [6, 6.07) is 15.5. The zero-order valence-corrected chi connectivity index (χ0v) is 20.2. The highest BCUT2D eigenvalue weighted by atomic mass is 32.2. The third-order valence-corrected chi connectivity index (χ3v) is 6.21. The smallest absolute Gasteiger partial charge is 0.408 e. The molecular formula is C26H31NO5S. The van der Waals surface area contributed by atoms with E-state index in [2.05, 4.69) is 5.32 Å². The van der Waals surface area contributed by atoms with Gasteiger partial charge in [0.1, 0.15) is 17.7 Å². The van der Waals surface area contributed by atoms with E-state index in [9.17, 15) is 14.4 Å². The van der Waals surface area contributed by atoms with Gasteiger partial charge in [-0.1, -0.05) is 48.5 Å². The lowest BCUT2D eigenvalue weighted by Gasteiger charge is -2.24. The summed E-state index contributed by atoms with van der Waals surface area (Å²) in [5, 5.41) is 2.59. The van der Waals surface area contributed by atoms with Crippen LogP contribution in [0.3, 0.4) is 0 Å². The van der Waals surface area contributed by atoms with E-state index in [1.165, 1.54) is 0 Å². The summed E-state index contributed by atoms with van der Waals surface area (Å²) in [7, 11) is 0. The fourth-order valence-corrected chi connectivity index (χ4v) is 4.50. The number of alkyl carbamates (subject to hydrolysis) is 1. The maximum atomic E-state index is 13.0. The number of hydrogen-bond donors (Lipinski definition) is 1. The molecule has 1 aliphatic rings. The minimum Gasteiger partial charge on any atom is -0.461 e. The van der Waals surface area contributed by atoms with Crippen LogP contribution in [0.4, 0.5) is 4.79 Å². The van der Waals surface area contributed by atoms with Crippen LogP contribution in [0.5, 0.6) is 0 Å². The molecule has 1 atom stereocenters. The molecule has 33 heavy (non-hydrogen) atoms. The molecule has 1 saturated carbocycles. The number of carbonyl (C=O) groups excluding carboxylic acids is 3. The van der Waals surface area contributed by atoms with Crippen molar-refractivity contribution >= 4 is 28.9 Å². The minimum absolute atomic E-state index is 0.0896. The molecule has 0 bridgehead atoms. The van der Waals surface area contributed by atoms with E-state index in [-0.39, 0.29) is 17.6 Å². The Bertz CT molecular complexity index is 964. The van der Waals surface area contributed by atoms with E-state index in [1.54, 1.807) is 32.9 Å². The molecule has 1 fully saturated rings. The molecular weight excluding hydrogens is 438 g/mol. The van der Waals surface area contributed by atoms with E-state index in [1.807, 2.05) is 42.5 Å². The number of benzene rings is 2. The van der Waals surface area contributed by atoms with Crippen molar-refractivity contribution in [2.24, 2.45) is 0 Å². The largest absolute Gasteiger partial charge is 0.461 e. The van der Waals surface area contributed by atoms with Gasteiger partial charge in [-0.05, 0) is 69.8 Å². The Hall–Kier alpha value is -2.80. The topological polar surface area (TPSA) is 81.7 Å². The molecule has 176 valence electrons. The molecule has 1 unspecified atom stereocenters. The van der Waals surface area contributed by atoms with E-state index in [4.69, 9.17) is 9.47 Å². The number of hydrogen-bond acceptors (Lipinski definition) is 6. The second-order valence-electron chi connectivity index (χ2n) is 9.11. The van der Waals surface area contributed by atoms with E-state index in [0.717, 1.165) is 47.9 Å². The second-order valence-corrected chi connectivity index (χ2v) is 10.1. The van der Waals surface area contributed by atoms with E-state index < -0.39 is 23.7 Å². The lowest BCUT2D eigenvalue weighted by Crippen LogP contribution is -2.46. The van der Waals surface area contributed by atoms with Crippen LogP contribution in [0.25, 0.3) is 0 Å². The van der Waals surface area contributed by atoms with Crippen LogP contribution in [-0.4, -0.2) is 34.9 Å². The Morgan fingerprint density at radius 3 is 2.30 bits per heavy atom. The third kappa shape index (κ3) is 7.93. The van der Waals surface area contributed by atoms with E-state index >= 15 is 0 Å². The van der Waals surface area contributed by atoms with Crippen molar-refractivity contribution in [1.29, 1.82) is 0 Å². The molecule has 1 N–H and O–H groups in total. The highest BCUT2D eigenvalue weighted by molar-refractivity contribution is 8.14. The quantitative estimate of drug-likeness (QED) is 0.423. The molecule has 3 rings (SSSR count). The first-order chi connectivity index (χ1) is 15.7. The van der Waals surface area contributed by atoms with Crippen molar-refractivity contribution in [2.75, 3.05) is 0 Å². The molecule has 0 aliphatic heterocycles. The standard InChI is InChI=1S/C26H31NO5S/c1-26(2,3)32-25(30)27-21(23(28)31-20-14-8-9-15-20)17-19-13-7-10-16-22(19)33-24(29)18-11-5-4-6-12-18/h4-7,10-13,16,20-21H,8-9,14-15,17H2,1-3H3,(H,27,30). The van der Waals surface area contributed by atoms with Gasteiger partial charge in [-0.15, -0.1) is 0 Å². The minimum atomic E-state index is -0.922. The number of esters is 1. The fraction of sp³-hybridized carbons (Fsp3) is 0.423. The molecule has 1 aliphatic carbocycles. The molecule has 6 nitrogen and oxygen atoms in total. The van der Waals surface area contributed by atoms with Crippen molar-refractivity contribution in [3.8, 4) is 0 Å². The zero-order valence-electron chi connectivity index (χ0n) is 19.3. The van der Waals surface area contributed by atoms with Gasteiger partial charge in [0, 0.05) is 16.9 Å². The summed E-state index contributed by atoms with van der Waals surface area (Å²) in [5.41, 5.74) is 0.678. The number of nitrogens with one attached hydrogen (secondary N) is 1. The molecule has 0 aromatic heterocycles. The first-order valence-corrected chi connectivity index (χ1v) is 12.1. The summed E-state index contributed by atoms with van der Waals surface area (Å²) >= 11 is 1.10. The molecule has 1 amide bonds. The fourth-order valence-electron chi connectivity index (χ4n) is 3.62. The Labute approximate surface area is 199 Å². The van der Waals surface area contributed by atoms with Gasteiger partial charge in [0.2, 0.25) is 5.12 Å². The van der Waals surface area contributed by atoms with Gasteiger partial charge in [-0.3, -0.25) is 4.79 Å². The normalized spacial score (nSPS) is 15.0. The average molecular weight is 470 g/mol. The van der Waals surface area contributed by atoms with Crippen molar-refractivity contribution in [3.05, 3.63) is 65.7 Å². The third-order valence-electron chi connectivity index (χ3n) is 5.17. The van der Waals surface area contributed by atoms with Gasteiger partial charge in [-0.2, -0.15) is 0 Å². The maximum Gasteiger partial charge on any atom is 0.408 e. The van der Waals surface area contributed by atoms with Crippen LogP contribution in [0, 0.1) is 0 Å². The van der Waals surface area contributed by atoms with Gasteiger partial charge in [-0.25, -0.2) is 9.59 Å². The van der Waals surface area contributed by atoms with Crippen LogP contribution in [0.15, 0.2) is 59.5 Å². The second kappa shape index (κ2) is 11.4. The maximum absolute atomic E-state index is 13.0. The zero-order chi connectivity index (χ0) is 23.8. The van der Waals surface area contributed by atoms with Gasteiger partial charge < -0.3 is 14.8 Å². The number of ether oxygens (including phenoxy) is 2. The van der Waals surface area contributed by atoms with Crippen LogP contribution in [0.1, 0.15) is 62.4 Å². The van der Waals surface area contributed by atoms with Gasteiger partial charge in [0.05, 0.1) is 0 Å². The predicted molar refractivity (Wildman–Crippen MR) is 128 cm³/mol. The van der Waals surface area contributed by atoms with Crippen molar-refractivity contribution in [1.82, 2.24) is 5.32 Å². The summed E-state index contributed by atoms with van der Waals surface area (Å²) in [4.78, 5) is 38.9. The van der Waals surface area contributed by atoms with Gasteiger partial charge >= 0.3 is 12.1 Å². The highest BCUT2D eigenvalue weighted by Gasteiger charge is 2.29. The first-order valence-electron chi connectivity index (χ1n) is 11.3. The lowest BCUT2D eigenvalue weighted by molar-refractivity contribution is -0.151. The molecule has 0 radical (unpaired) electrons. The SMILES string of the molecule is CC(C)(C)OC(=O)NC(Cc1ccccc1SC(=O)c1ccccc1)C(=O)OC1CCCC1. The predicted octanol–water partition coefficient (Wildman–Crippen LogP) is 5.54. The molecule has 0 saturated heterocycles. The van der Waals surface area contributed by atoms with E-state index in [0.29, 0.717) is 5.56 Å². The molecule has 7 heteroatoms. The van der Waals surface area contributed by atoms with Crippen LogP contribution in [0.2, 0.25) is 0 Å². The summed E-state index contributed by atoms with van der Waals surface area (Å²) < 4.78 is 11.0. The Morgan fingerprint density at radius 1 is 1.00 bits per heavy atom. The number of rotatable bonds is 7. The lowest BCUT2D eigenvalue weighted by atomic mass is 10.1.